The van der Waals surface area contributed by atoms with Crippen molar-refractivity contribution in [3.63, 3.8) is 0 Å². The molecule has 2 aliphatic rings. The van der Waals surface area contributed by atoms with E-state index in [9.17, 15) is 0 Å². The lowest BCUT2D eigenvalue weighted by atomic mass is 9.80. The van der Waals surface area contributed by atoms with Gasteiger partial charge < -0.3 is 10.1 Å². The molecule has 2 aromatic carbocycles. The zero-order valence-electron chi connectivity index (χ0n) is 13.5. The lowest BCUT2D eigenvalue weighted by Crippen LogP contribution is -2.69. The first-order valence-corrected chi connectivity index (χ1v) is 8.37. The Labute approximate surface area is 142 Å². The minimum atomic E-state index is -0.503. The van der Waals surface area contributed by atoms with Gasteiger partial charge in [0.2, 0.25) is 0 Å². The first-order valence-electron chi connectivity index (χ1n) is 7.96. The molecular formula is C19H20N2OS. The van der Waals surface area contributed by atoms with Crippen LogP contribution in [0.5, 0.6) is 5.75 Å². The summed E-state index contributed by atoms with van der Waals surface area (Å²) in [6, 6.07) is 16.8. The highest BCUT2D eigenvalue weighted by Crippen LogP contribution is 2.48. The second-order valence-electron chi connectivity index (χ2n) is 6.58. The Hall–Kier alpha value is -2.07. The van der Waals surface area contributed by atoms with Gasteiger partial charge in [-0.3, -0.25) is 4.90 Å². The molecule has 2 aromatic rings. The second kappa shape index (κ2) is 4.96. The zero-order valence-corrected chi connectivity index (χ0v) is 14.4. The molecule has 3 atom stereocenters. The third kappa shape index (κ3) is 2.05. The van der Waals surface area contributed by atoms with Crippen molar-refractivity contribution in [2.24, 2.45) is 5.92 Å². The number of fused-ring (bicyclic) bond motifs is 4. The molecule has 2 heterocycles. The molecule has 0 radical (unpaired) electrons. The molecule has 0 spiro atoms. The number of hydrogen-bond donors (Lipinski definition) is 1. The molecule has 1 saturated heterocycles. The van der Waals surface area contributed by atoms with E-state index in [4.69, 9.17) is 17.0 Å². The van der Waals surface area contributed by atoms with Crippen LogP contribution in [-0.2, 0) is 0 Å². The van der Waals surface area contributed by atoms with Crippen molar-refractivity contribution in [3.8, 4) is 5.75 Å². The minimum absolute atomic E-state index is 0.180. The standard InChI is InChI=1S/C19H20N2OS/c1-12-8-10-14(11-9-12)21-18(23)20-17-13(2)19(21,3)22-16-7-5-4-6-15(16)17/h4-11,13,17H,1-3H3,(H,20,23). The van der Waals surface area contributed by atoms with Crippen molar-refractivity contribution in [1.82, 2.24) is 5.32 Å². The highest BCUT2D eigenvalue weighted by atomic mass is 32.1. The predicted octanol–water partition coefficient (Wildman–Crippen LogP) is 4.18. The lowest BCUT2D eigenvalue weighted by molar-refractivity contribution is -0.00316. The number of aryl methyl sites for hydroxylation is 1. The largest absolute Gasteiger partial charge is 0.467 e. The maximum atomic E-state index is 6.47. The SMILES string of the molecule is Cc1ccc(N2C(=S)NC3c4ccccc4OC2(C)C3C)cc1. The monoisotopic (exact) mass is 324 g/mol. The third-order valence-electron chi connectivity index (χ3n) is 5.13. The summed E-state index contributed by atoms with van der Waals surface area (Å²) in [7, 11) is 0. The van der Waals surface area contributed by atoms with Crippen LogP contribution >= 0.6 is 12.2 Å². The van der Waals surface area contributed by atoms with E-state index in [0.29, 0.717) is 5.11 Å². The molecule has 0 saturated carbocycles. The number of nitrogens with zero attached hydrogens (tertiary/aromatic N) is 1. The van der Waals surface area contributed by atoms with E-state index in [-0.39, 0.29) is 12.0 Å². The van der Waals surface area contributed by atoms with Gasteiger partial charge >= 0.3 is 0 Å². The normalized spacial score (nSPS) is 28.7. The molecular weight excluding hydrogens is 304 g/mol. The summed E-state index contributed by atoms with van der Waals surface area (Å²) in [6.07, 6.45) is 0. The van der Waals surface area contributed by atoms with Crippen molar-refractivity contribution < 1.29 is 4.74 Å². The van der Waals surface area contributed by atoms with Gasteiger partial charge in [0, 0.05) is 17.2 Å². The Morgan fingerprint density at radius 1 is 1.13 bits per heavy atom. The Kier molecular flexibility index (Phi) is 3.13. The quantitative estimate of drug-likeness (QED) is 0.796. The van der Waals surface area contributed by atoms with Gasteiger partial charge in [-0.15, -0.1) is 0 Å². The van der Waals surface area contributed by atoms with Gasteiger partial charge in [0.1, 0.15) is 5.75 Å². The summed E-state index contributed by atoms with van der Waals surface area (Å²) in [5.74, 6) is 1.19. The van der Waals surface area contributed by atoms with Gasteiger partial charge in [-0.2, -0.15) is 0 Å². The molecule has 2 aliphatic heterocycles. The van der Waals surface area contributed by atoms with Crippen molar-refractivity contribution in [2.45, 2.75) is 32.5 Å². The fraction of sp³-hybridized carbons (Fsp3) is 0.316. The van der Waals surface area contributed by atoms with Crippen LogP contribution in [0.4, 0.5) is 5.69 Å². The summed E-state index contributed by atoms with van der Waals surface area (Å²) >= 11 is 5.69. The van der Waals surface area contributed by atoms with Crippen molar-refractivity contribution >= 4 is 23.0 Å². The van der Waals surface area contributed by atoms with Crippen LogP contribution in [-0.4, -0.2) is 10.8 Å². The average Bonchev–Trinajstić information content (AvgIpc) is 2.52. The Morgan fingerprint density at radius 2 is 1.83 bits per heavy atom. The molecule has 23 heavy (non-hydrogen) atoms. The van der Waals surface area contributed by atoms with Gasteiger partial charge in [0.25, 0.3) is 0 Å². The summed E-state index contributed by atoms with van der Waals surface area (Å²) in [5.41, 5.74) is 2.97. The fourth-order valence-electron chi connectivity index (χ4n) is 3.64. The van der Waals surface area contributed by atoms with Crippen LogP contribution in [0, 0.1) is 12.8 Å². The number of thiocarbonyl (C=S) groups is 1. The number of anilines is 1. The fourth-order valence-corrected chi connectivity index (χ4v) is 4.06. The van der Waals surface area contributed by atoms with E-state index in [1.54, 1.807) is 0 Å². The van der Waals surface area contributed by atoms with E-state index >= 15 is 0 Å². The molecule has 0 aromatic heterocycles. The van der Waals surface area contributed by atoms with Crippen LogP contribution < -0.4 is 15.0 Å². The van der Waals surface area contributed by atoms with E-state index < -0.39 is 5.72 Å². The summed E-state index contributed by atoms with van der Waals surface area (Å²) in [6.45, 7) is 6.44. The predicted molar refractivity (Wildman–Crippen MR) is 96.8 cm³/mol. The van der Waals surface area contributed by atoms with Gasteiger partial charge in [-0.05, 0) is 44.3 Å². The first kappa shape index (κ1) is 14.5. The highest BCUT2D eigenvalue weighted by Gasteiger charge is 2.53. The smallest absolute Gasteiger partial charge is 0.190 e. The molecule has 4 heteroatoms. The Balaban J connectivity index is 1.85. The third-order valence-corrected chi connectivity index (χ3v) is 5.43. The first-order chi connectivity index (χ1) is 11.0. The maximum Gasteiger partial charge on any atom is 0.190 e. The second-order valence-corrected chi connectivity index (χ2v) is 6.97. The van der Waals surface area contributed by atoms with Crippen molar-refractivity contribution in [2.75, 3.05) is 4.90 Å². The Bertz CT molecular complexity index is 773. The van der Waals surface area contributed by atoms with Crippen molar-refractivity contribution in [3.05, 3.63) is 59.7 Å². The summed E-state index contributed by atoms with van der Waals surface area (Å²) in [5, 5.41) is 4.24. The number of para-hydroxylation sites is 1. The average molecular weight is 324 g/mol. The van der Waals surface area contributed by atoms with Crippen LogP contribution in [0.15, 0.2) is 48.5 Å². The van der Waals surface area contributed by atoms with Crippen LogP contribution in [0.2, 0.25) is 0 Å². The van der Waals surface area contributed by atoms with Crippen LogP contribution in [0.25, 0.3) is 0 Å². The number of rotatable bonds is 1. The van der Waals surface area contributed by atoms with E-state index in [2.05, 4.69) is 67.4 Å². The van der Waals surface area contributed by atoms with E-state index in [1.165, 1.54) is 11.1 Å². The molecule has 0 aliphatic carbocycles. The number of nitrogens with one attached hydrogen (secondary N) is 1. The zero-order chi connectivity index (χ0) is 16.2. The number of ether oxygens (including phenoxy) is 1. The molecule has 1 N–H and O–H groups in total. The minimum Gasteiger partial charge on any atom is -0.467 e. The number of hydrogen-bond acceptors (Lipinski definition) is 2. The van der Waals surface area contributed by atoms with Gasteiger partial charge in [-0.25, -0.2) is 0 Å². The summed E-state index contributed by atoms with van der Waals surface area (Å²) < 4.78 is 6.47. The van der Waals surface area contributed by atoms with Gasteiger partial charge in [0.15, 0.2) is 10.8 Å². The molecule has 1 fully saturated rings. The lowest BCUT2D eigenvalue weighted by Gasteiger charge is -2.56. The number of benzene rings is 2. The topological polar surface area (TPSA) is 24.5 Å². The molecule has 2 bridgehead atoms. The molecule has 0 amide bonds. The maximum absolute atomic E-state index is 6.47. The van der Waals surface area contributed by atoms with E-state index in [1.807, 2.05) is 12.1 Å². The Morgan fingerprint density at radius 3 is 2.57 bits per heavy atom. The van der Waals surface area contributed by atoms with E-state index in [0.717, 1.165) is 11.4 Å². The van der Waals surface area contributed by atoms with Crippen molar-refractivity contribution in [1.29, 1.82) is 0 Å². The van der Waals surface area contributed by atoms with Gasteiger partial charge in [-0.1, -0.05) is 42.8 Å². The highest BCUT2D eigenvalue weighted by molar-refractivity contribution is 7.80. The molecule has 4 rings (SSSR count). The molecule has 118 valence electrons. The van der Waals surface area contributed by atoms with Crippen LogP contribution in [0.3, 0.4) is 0 Å². The molecule has 3 unspecified atom stereocenters. The van der Waals surface area contributed by atoms with Gasteiger partial charge in [0.05, 0.1) is 6.04 Å². The van der Waals surface area contributed by atoms with Crippen LogP contribution in [0.1, 0.15) is 31.0 Å². The summed E-state index contributed by atoms with van der Waals surface area (Å²) in [4.78, 5) is 2.11. The molecule has 3 nitrogen and oxygen atoms in total.